The molecular weight excluding hydrogens is 316 g/mol. The average molecular weight is 336 g/mol. The van der Waals surface area contributed by atoms with Crippen molar-refractivity contribution in [1.29, 1.82) is 0 Å². The lowest BCUT2D eigenvalue weighted by Gasteiger charge is -2.23. The highest BCUT2D eigenvalue weighted by Gasteiger charge is 2.22. The molecule has 2 heterocycles. The van der Waals surface area contributed by atoms with E-state index in [4.69, 9.17) is 5.73 Å². The molecule has 2 aromatic rings. The second-order valence-corrected chi connectivity index (χ2v) is 6.27. The summed E-state index contributed by atoms with van der Waals surface area (Å²) >= 11 is 1.61. The number of aromatic amines is 1. The van der Waals surface area contributed by atoms with Gasteiger partial charge in [-0.05, 0) is 32.3 Å². The van der Waals surface area contributed by atoms with E-state index < -0.39 is 17.0 Å². The molecule has 0 aliphatic rings. The maximum atomic E-state index is 12.5. The highest BCUT2D eigenvalue weighted by Crippen LogP contribution is 2.23. The van der Waals surface area contributed by atoms with Crippen molar-refractivity contribution in [2.75, 3.05) is 19.3 Å². The van der Waals surface area contributed by atoms with Crippen LogP contribution in [0.5, 0.6) is 0 Å². The molecule has 7 nitrogen and oxygen atoms in total. The minimum absolute atomic E-state index is 0.0360. The number of thiophene rings is 1. The van der Waals surface area contributed by atoms with Crippen LogP contribution in [0.3, 0.4) is 0 Å². The van der Waals surface area contributed by atoms with Gasteiger partial charge in [0.25, 0.3) is 5.56 Å². The summed E-state index contributed by atoms with van der Waals surface area (Å²) in [4.78, 5) is 41.2. The molecule has 0 unspecified atom stereocenters. The third kappa shape index (κ3) is 3.43. The number of aromatic nitrogens is 2. The van der Waals surface area contributed by atoms with E-state index in [1.807, 2.05) is 36.4 Å². The monoisotopic (exact) mass is 336 g/mol. The van der Waals surface area contributed by atoms with Crippen LogP contribution < -0.4 is 17.0 Å². The Morgan fingerprint density at radius 3 is 2.74 bits per heavy atom. The number of nitrogens with zero attached hydrogens (tertiary/aromatic N) is 2. The minimum Gasteiger partial charge on any atom is -0.384 e. The van der Waals surface area contributed by atoms with Crippen LogP contribution in [0.4, 0.5) is 5.82 Å². The van der Waals surface area contributed by atoms with E-state index >= 15 is 0 Å². The third-order valence-corrected chi connectivity index (χ3v) is 4.89. The van der Waals surface area contributed by atoms with Gasteiger partial charge in [-0.3, -0.25) is 24.0 Å². The highest BCUT2D eigenvalue weighted by molar-refractivity contribution is 7.10. The van der Waals surface area contributed by atoms with Gasteiger partial charge in [0.05, 0.1) is 6.54 Å². The lowest BCUT2D eigenvalue weighted by atomic mass is 10.1. The SMILES string of the molecule is CCn1c(N)c(C(=O)CN(C)[C@H](C)c2cccs2)c(=O)[nH]c1=O. The van der Waals surface area contributed by atoms with Gasteiger partial charge >= 0.3 is 5.69 Å². The van der Waals surface area contributed by atoms with E-state index in [2.05, 4.69) is 4.98 Å². The van der Waals surface area contributed by atoms with Crippen molar-refractivity contribution in [2.24, 2.45) is 0 Å². The lowest BCUT2D eigenvalue weighted by molar-refractivity contribution is 0.0924. The van der Waals surface area contributed by atoms with E-state index in [1.165, 1.54) is 4.57 Å². The summed E-state index contributed by atoms with van der Waals surface area (Å²) in [6.45, 7) is 4.02. The average Bonchev–Trinajstić information content (AvgIpc) is 3.00. The Morgan fingerprint density at radius 1 is 1.48 bits per heavy atom. The predicted octanol–water partition coefficient (Wildman–Crippen LogP) is 1.08. The van der Waals surface area contributed by atoms with Crippen LogP contribution in [0.1, 0.15) is 35.1 Å². The first-order valence-corrected chi connectivity index (χ1v) is 8.14. The number of Topliss-reactive ketones (excluding diaryl/α,β-unsaturated/α-hetero) is 1. The van der Waals surface area contributed by atoms with E-state index in [1.54, 1.807) is 18.3 Å². The molecular formula is C15H20N4O3S. The quantitative estimate of drug-likeness (QED) is 0.769. The normalized spacial score (nSPS) is 12.5. The van der Waals surface area contributed by atoms with Crippen LogP contribution in [0.15, 0.2) is 27.1 Å². The first-order chi connectivity index (χ1) is 10.9. The number of hydrogen-bond acceptors (Lipinski definition) is 6. The van der Waals surface area contributed by atoms with Crippen LogP contribution in [0.25, 0.3) is 0 Å². The van der Waals surface area contributed by atoms with Crippen molar-refractivity contribution >= 4 is 22.9 Å². The van der Waals surface area contributed by atoms with Crippen molar-refractivity contribution in [3.8, 4) is 0 Å². The molecule has 8 heteroatoms. The zero-order valence-corrected chi connectivity index (χ0v) is 14.1. The van der Waals surface area contributed by atoms with E-state index in [9.17, 15) is 14.4 Å². The highest BCUT2D eigenvalue weighted by atomic mass is 32.1. The van der Waals surface area contributed by atoms with Crippen LogP contribution in [0, 0.1) is 0 Å². The summed E-state index contributed by atoms with van der Waals surface area (Å²) < 4.78 is 1.18. The van der Waals surface area contributed by atoms with Crippen LogP contribution in [-0.4, -0.2) is 33.8 Å². The first kappa shape index (κ1) is 17.2. The molecule has 0 bridgehead atoms. The molecule has 2 rings (SSSR count). The fraction of sp³-hybridized carbons (Fsp3) is 0.400. The Bertz CT molecular complexity index is 807. The van der Waals surface area contributed by atoms with E-state index in [0.717, 1.165) is 4.88 Å². The fourth-order valence-electron chi connectivity index (χ4n) is 2.36. The van der Waals surface area contributed by atoms with E-state index in [0.29, 0.717) is 0 Å². The molecule has 2 aromatic heterocycles. The second kappa shape index (κ2) is 6.93. The van der Waals surface area contributed by atoms with Gasteiger partial charge < -0.3 is 5.73 Å². The van der Waals surface area contributed by atoms with Gasteiger partial charge in [0.15, 0.2) is 5.78 Å². The molecule has 1 atom stereocenters. The number of nitrogen functional groups attached to an aromatic ring is 1. The van der Waals surface area contributed by atoms with Gasteiger partial charge in [-0.1, -0.05) is 6.07 Å². The van der Waals surface area contributed by atoms with Crippen molar-refractivity contribution in [1.82, 2.24) is 14.5 Å². The van der Waals surface area contributed by atoms with Crippen LogP contribution >= 0.6 is 11.3 Å². The predicted molar refractivity (Wildman–Crippen MR) is 91.1 cm³/mol. The third-order valence-electron chi connectivity index (χ3n) is 3.84. The molecule has 0 amide bonds. The van der Waals surface area contributed by atoms with Gasteiger partial charge in [-0.15, -0.1) is 11.3 Å². The Labute approximate surface area is 137 Å². The standard InChI is InChI=1S/C15H20N4O3S/c1-4-19-13(16)12(14(21)17-15(19)22)10(20)8-18(3)9(2)11-6-5-7-23-11/h5-7,9H,4,8,16H2,1-3H3,(H,17,21,22)/t9-/m1/s1. The fourth-order valence-corrected chi connectivity index (χ4v) is 3.21. The number of likely N-dealkylation sites (N-methyl/N-ethyl adjacent to an activating group) is 1. The number of nitrogens with one attached hydrogen (secondary N) is 1. The Balaban J connectivity index is 2.28. The molecule has 0 saturated carbocycles. The number of ketones is 1. The number of carbonyl (C=O) groups is 1. The summed E-state index contributed by atoms with van der Waals surface area (Å²) in [6.07, 6.45) is 0. The Morgan fingerprint density at radius 2 is 2.17 bits per heavy atom. The Kier molecular flexibility index (Phi) is 5.17. The zero-order chi connectivity index (χ0) is 17.1. The number of hydrogen-bond donors (Lipinski definition) is 2. The smallest absolute Gasteiger partial charge is 0.329 e. The maximum absolute atomic E-state index is 12.5. The lowest BCUT2D eigenvalue weighted by Crippen LogP contribution is -2.38. The molecule has 0 aliphatic carbocycles. The van der Waals surface area contributed by atoms with Crippen molar-refractivity contribution in [3.05, 3.63) is 48.8 Å². The molecule has 0 saturated heterocycles. The number of rotatable bonds is 6. The molecule has 3 N–H and O–H groups in total. The molecule has 0 fully saturated rings. The number of carbonyl (C=O) groups excluding carboxylic acids is 1. The molecule has 0 spiro atoms. The summed E-state index contributed by atoms with van der Waals surface area (Å²) in [7, 11) is 1.81. The zero-order valence-electron chi connectivity index (χ0n) is 13.3. The number of nitrogens with two attached hydrogens (primary N) is 1. The largest absolute Gasteiger partial charge is 0.384 e. The van der Waals surface area contributed by atoms with Crippen molar-refractivity contribution in [2.45, 2.75) is 26.4 Å². The van der Waals surface area contributed by atoms with Gasteiger partial charge in [0.1, 0.15) is 11.4 Å². The molecule has 0 aromatic carbocycles. The topological polar surface area (TPSA) is 101 Å². The number of anilines is 1. The summed E-state index contributed by atoms with van der Waals surface area (Å²) in [5, 5.41) is 1.97. The molecule has 0 aliphatic heterocycles. The number of H-pyrrole nitrogens is 1. The Hall–Kier alpha value is -2.19. The summed E-state index contributed by atoms with van der Waals surface area (Å²) in [5.74, 6) is -0.486. The van der Waals surface area contributed by atoms with Crippen LogP contribution in [-0.2, 0) is 6.54 Å². The van der Waals surface area contributed by atoms with Crippen LogP contribution in [0.2, 0.25) is 0 Å². The van der Waals surface area contributed by atoms with Gasteiger partial charge in [-0.2, -0.15) is 0 Å². The maximum Gasteiger partial charge on any atom is 0.329 e. The summed E-state index contributed by atoms with van der Waals surface area (Å²) in [6, 6.07) is 3.98. The molecule has 124 valence electrons. The van der Waals surface area contributed by atoms with Gasteiger partial charge in [0.2, 0.25) is 0 Å². The van der Waals surface area contributed by atoms with Crippen molar-refractivity contribution in [3.63, 3.8) is 0 Å². The van der Waals surface area contributed by atoms with Gasteiger partial charge in [0, 0.05) is 17.5 Å². The minimum atomic E-state index is -0.737. The summed E-state index contributed by atoms with van der Waals surface area (Å²) in [5.41, 5.74) is 4.35. The van der Waals surface area contributed by atoms with Gasteiger partial charge in [-0.25, -0.2) is 4.79 Å². The van der Waals surface area contributed by atoms with Crippen molar-refractivity contribution < 1.29 is 4.79 Å². The molecule has 23 heavy (non-hydrogen) atoms. The molecule has 0 radical (unpaired) electrons. The van der Waals surface area contributed by atoms with E-state index in [-0.39, 0.29) is 30.5 Å². The first-order valence-electron chi connectivity index (χ1n) is 7.26. The second-order valence-electron chi connectivity index (χ2n) is 5.29.